The quantitative estimate of drug-likeness (QED) is 0.252. The van der Waals surface area contributed by atoms with Crippen molar-refractivity contribution in [2.75, 3.05) is 13.2 Å². The van der Waals surface area contributed by atoms with E-state index in [1.165, 1.54) is 0 Å². The van der Waals surface area contributed by atoms with E-state index >= 15 is 0 Å². The highest BCUT2D eigenvalue weighted by molar-refractivity contribution is 4.79. The summed E-state index contributed by atoms with van der Waals surface area (Å²) < 4.78 is 10.1. The lowest BCUT2D eigenvalue weighted by Gasteiger charge is -1.93. The van der Waals surface area contributed by atoms with E-state index in [1.807, 2.05) is 12.2 Å². The summed E-state index contributed by atoms with van der Waals surface area (Å²) in [5, 5.41) is 0. The van der Waals surface area contributed by atoms with Crippen LogP contribution in [-0.4, -0.2) is 19.3 Å². The molecule has 1 atom stereocenters. The molecule has 1 unspecified atom stereocenters. The van der Waals surface area contributed by atoms with Crippen LogP contribution < -0.4 is 0 Å². The first-order valence-electron chi connectivity index (χ1n) is 3.92. The van der Waals surface area contributed by atoms with E-state index in [0.29, 0.717) is 12.7 Å². The van der Waals surface area contributed by atoms with E-state index in [0.717, 1.165) is 19.4 Å². The molecule has 1 rings (SSSR count). The van der Waals surface area contributed by atoms with Crippen molar-refractivity contribution in [2.45, 2.75) is 18.9 Å². The normalized spacial score (nSPS) is 22.0. The Morgan fingerprint density at radius 3 is 3.00 bits per heavy atom. The fraction of sp³-hybridized carbons (Fsp3) is 0.556. The molecular formula is C9H14O2. The summed E-state index contributed by atoms with van der Waals surface area (Å²) in [4.78, 5) is 0. The minimum absolute atomic E-state index is 0.360. The van der Waals surface area contributed by atoms with Crippen LogP contribution in [0.1, 0.15) is 12.8 Å². The Hall–Kier alpha value is -0.760. The molecular weight excluding hydrogens is 140 g/mol. The molecule has 0 radical (unpaired) electrons. The molecule has 1 fully saturated rings. The first kappa shape index (κ1) is 8.34. The molecule has 1 saturated heterocycles. The third kappa shape index (κ3) is 4.62. The van der Waals surface area contributed by atoms with Crippen LogP contribution in [0.2, 0.25) is 0 Å². The summed E-state index contributed by atoms with van der Waals surface area (Å²) in [6.45, 7) is 5.18. The van der Waals surface area contributed by atoms with Crippen LogP contribution in [-0.2, 0) is 9.47 Å². The highest BCUT2D eigenvalue weighted by Crippen LogP contribution is 2.08. The number of hydrogen-bond donors (Lipinski definition) is 0. The second kappa shape index (κ2) is 4.97. The van der Waals surface area contributed by atoms with Gasteiger partial charge in [0, 0.05) is 0 Å². The molecule has 0 N–H and O–H groups in total. The first-order valence-corrected chi connectivity index (χ1v) is 3.92. The van der Waals surface area contributed by atoms with Crippen LogP contribution in [0.15, 0.2) is 25.0 Å². The van der Waals surface area contributed by atoms with Gasteiger partial charge in [0.15, 0.2) is 0 Å². The van der Waals surface area contributed by atoms with Gasteiger partial charge in [0.05, 0.1) is 12.9 Å². The van der Waals surface area contributed by atoms with Gasteiger partial charge in [-0.05, 0) is 18.9 Å². The summed E-state index contributed by atoms with van der Waals surface area (Å²) in [5.74, 6) is 0. The zero-order valence-corrected chi connectivity index (χ0v) is 6.66. The maximum Gasteiger partial charge on any atom is 0.116 e. The zero-order valence-electron chi connectivity index (χ0n) is 6.66. The van der Waals surface area contributed by atoms with Crippen LogP contribution in [0.25, 0.3) is 0 Å². The van der Waals surface area contributed by atoms with Gasteiger partial charge in [-0.1, -0.05) is 6.08 Å². The first-order chi connectivity index (χ1) is 5.43. The van der Waals surface area contributed by atoms with E-state index in [1.54, 1.807) is 6.26 Å². The van der Waals surface area contributed by atoms with Crippen molar-refractivity contribution in [1.82, 2.24) is 0 Å². The number of epoxide rings is 1. The van der Waals surface area contributed by atoms with Crippen LogP contribution in [0.3, 0.4) is 0 Å². The van der Waals surface area contributed by atoms with Crippen molar-refractivity contribution >= 4 is 0 Å². The lowest BCUT2D eigenvalue weighted by atomic mass is 10.3. The molecule has 1 aliphatic rings. The van der Waals surface area contributed by atoms with Gasteiger partial charge in [-0.3, -0.25) is 0 Å². The second-order valence-corrected chi connectivity index (χ2v) is 2.53. The molecule has 0 aromatic carbocycles. The molecule has 62 valence electrons. The Labute approximate surface area is 67.5 Å². The van der Waals surface area contributed by atoms with E-state index in [-0.39, 0.29) is 0 Å². The lowest BCUT2D eigenvalue weighted by Crippen LogP contribution is -1.94. The predicted octanol–water partition coefficient (Wildman–Crippen LogP) is 1.88. The highest BCUT2D eigenvalue weighted by atomic mass is 16.6. The van der Waals surface area contributed by atoms with Crippen LogP contribution in [0.4, 0.5) is 0 Å². The molecule has 0 bridgehead atoms. The van der Waals surface area contributed by atoms with E-state index < -0.39 is 0 Å². The van der Waals surface area contributed by atoms with Gasteiger partial charge in [-0.25, -0.2) is 0 Å². The number of rotatable bonds is 6. The number of unbranched alkanes of at least 4 members (excludes halogenated alkanes) is 1. The van der Waals surface area contributed by atoms with Gasteiger partial charge in [-0.2, -0.15) is 0 Å². The molecule has 0 amide bonds. The summed E-state index contributed by atoms with van der Waals surface area (Å²) in [6.07, 6.45) is 8.03. The minimum atomic E-state index is 0.360. The average molecular weight is 154 g/mol. The van der Waals surface area contributed by atoms with Crippen LogP contribution in [0, 0.1) is 0 Å². The Morgan fingerprint density at radius 1 is 1.55 bits per heavy atom. The largest absolute Gasteiger partial charge is 0.499 e. The Bertz CT molecular complexity index is 136. The van der Waals surface area contributed by atoms with E-state index in [4.69, 9.17) is 9.47 Å². The Balaban J connectivity index is 1.83. The Morgan fingerprint density at radius 2 is 2.36 bits per heavy atom. The molecule has 0 aliphatic carbocycles. The van der Waals surface area contributed by atoms with E-state index in [9.17, 15) is 0 Å². The standard InChI is InChI=1S/C9H14O2/c1-2-3-4-5-6-10-7-9-8-11-9/h2,5-6,9H,1,3-4,7-8H2. The fourth-order valence-electron chi connectivity index (χ4n) is 0.677. The maximum atomic E-state index is 5.16. The van der Waals surface area contributed by atoms with Gasteiger partial charge >= 0.3 is 0 Å². The summed E-state index contributed by atoms with van der Waals surface area (Å²) in [5.41, 5.74) is 0. The van der Waals surface area contributed by atoms with Gasteiger partial charge in [0.2, 0.25) is 0 Å². The summed E-state index contributed by atoms with van der Waals surface area (Å²) in [7, 11) is 0. The zero-order chi connectivity index (χ0) is 7.94. The average Bonchev–Trinajstić information content (AvgIpc) is 2.80. The molecule has 0 spiro atoms. The molecule has 2 heteroatoms. The van der Waals surface area contributed by atoms with Gasteiger partial charge in [0.25, 0.3) is 0 Å². The third-order valence-electron chi connectivity index (χ3n) is 1.41. The van der Waals surface area contributed by atoms with Gasteiger partial charge in [-0.15, -0.1) is 6.58 Å². The molecule has 11 heavy (non-hydrogen) atoms. The van der Waals surface area contributed by atoms with E-state index in [2.05, 4.69) is 6.58 Å². The molecule has 2 nitrogen and oxygen atoms in total. The van der Waals surface area contributed by atoms with Crippen molar-refractivity contribution in [3.63, 3.8) is 0 Å². The number of hydrogen-bond acceptors (Lipinski definition) is 2. The van der Waals surface area contributed by atoms with Crippen LogP contribution in [0.5, 0.6) is 0 Å². The second-order valence-electron chi connectivity index (χ2n) is 2.53. The third-order valence-corrected chi connectivity index (χ3v) is 1.41. The molecule has 1 aliphatic heterocycles. The van der Waals surface area contributed by atoms with Crippen molar-refractivity contribution < 1.29 is 9.47 Å². The molecule has 1 heterocycles. The monoisotopic (exact) mass is 154 g/mol. The lowest BCUT2D eigenvalue weighted by molar-refractivity contribution is 0.212. The van der Waals surface area contributed by atoms with Crippen molar-refractivity contribution in [1.29, 1.82) is 0 Å². The van der Waals surface area contributed by atoms with Gasteiger partial charge < -0.3 is 9.47 Å². The molecule has 0 saturated carbocycles. The van der Waals surface area contributed by atoms with Crippen LogP contribution >= 0.6 is 0 Å². The minimum Gasteiger partial charge on any atom is -0.499 e. The highest BCUT2D eigenvalue weighted by Gasteiger charge is 2.22. The van der Waals surface area contributed by atoms with Crippen molar-refractivity contribution in [2.24, 2.45) is 0 Å². The molecule has 0 aromatic rings. The van der Waals surface area contributed by atoms with Crippen molar-refractivity contribution in [3.8, 4) is 0 Å². The summed E-state index contributed by atoms with van der Waals surface area (Å²) >= 11 is 0. The SMILES string of the molecule is C=CCCC=COCC1CO1. The fourth-order valence-corrected chi connectivity index (χ4v) is 0.677. The Kier molecular flexibility index (Phi) is 3.76. The summed E-state index contributed by atoms with van der Waals surface area (Å²) in [6, 6.07) is 0. The number of ether oxygens (including phenoxy) is 2. The van der Waals surface area contributed by atoms with Gasteiger partial charge in [0.1, 0.15) is 12.7 Å². The maximum absolute atomic E-state index is 5.16. The smallest absolute Gasteiger partial charge is 0.116 e. The van der Waals surface area contributed by atoms with Crippen molar-refractivity contribution in [3.05, 3.63) is 25.0 Å². The predicted molar refractivity (Wildman–Crippen MR) is 44.3 cm³/mol. The molecule has 0 aromatic heterocycles. The topological polar surface area (TPSA) is 21.8 Å². The number of allylic oxidation sites excluding steroid dienone is 2.